The second-order valence-electron chi connectivity index (χ2n) is 8.57. The normalized spacial score (nSPS) is 11.2. The SMILES string of the molecule is O=c1c(Cc2ccco2)nc2c(Cc3ccccc3)[nH]c(-c3ccc(-c4ccccc4)cc3)cn1-2. The first kappa shape index (κ1) is 20.9. The summed E-state index contributed by atoms with van der Waals surface area (Å²) >= 11 is 0. The van der Waals surface area contributed by atoms with Gasteiger partial charge >= 0.3 is 0 Å². The van der Waals surface area contributed by atoms with Crippen LogP contribution in [0.25, 0.3) is 28.2 Å². The summed E-state index contributed by atoms with van der Waals surface area (Å²) in [6.45, 7) is 0. The van der Waals surface area contributed by atoms with Crippen LogP contribution in [0.5, 0.6) is 0 Å². The zero-order chi connectivity index (χ0) is 23.6. The molecule has 0 saturated heterocycles. The van der Waals surface area contributed by atoms with Crippen molar-refractivity contribution >= 4 is 0 Å². The fraction of sp³-hybridized carbons (Fsp3) is 0.0667. The molecule has 2 aliphatic rings. The molecule has 4 aromatic rings. The van der Waals surface area contributed by atoms with Gasteiger partial charge in [-0.3, -0.25) is 9.36 Å². The first-order valence-corrected chi connectivity index (χ1v) is 11.6. The minimum Gasteiger partial charge on any atom is -0.469 e. The van der Waals surface area contributed by atoms with Crippen molar-refractivity contribution in [3.05, 3.63) is 143 Å². The lowest BCUT2D eigenvalue weighted by Gasteiger charge is -2.14. The summed E-state index contributed by atoms with van der Waals surface area (Å²) in [6, 6.07) is 32.5. The average molecular weight is 458 g/mol. The number of furan rings is 1. The quantitative estimate of drug-likeness (QED) is 0.328. The number of rotatable bonds is 6. The van der Waals surface area contributed by atoms with Crippen molar-refractivity contribution in [2.45, 2.75) is 12.8 Å². The molecule has 0 saturated carbocycles. The van der Waals surface area contributed by atoms with Gasteiger partial charge in [0, 0.05) is 12.6 Å². The van der Waals surface area contributed by atoms with E-state index in [-0.39, 0.29) is 5.56 Å². The van der Waals surface area contributed by atoms with E-state index in [0.717, 1.165) is 33.8 Å². The Morgan fingerprint density at radius 3 is 2.14 bits per heavy atom. The highest BCUT2D eigenvalue weighted by molar-refractivity contribution is 5.69. The fourth-order valence-electron chi connectivity index (χ4n) is 4.41. The standard InChI is InChI=1S/C30H23N3O2/c34-30-27(19-25-12-7-17-35-25)32-29-26(18-21-8-3-1-4-9-21)31-28(20-33(29)30)24-15-13-23(14-16-24)22-10-5-2-6-11-22/h1-17,20,31H,18-19H2. The van der Waals surface area contributed by atoms with Crippen molar-refractivity contribution in [2.75, 3.05) is 0 Å². The van der Waals surface area contributed by atoms with Gasteiger partial charge in [-0.2, -0.15) is 0 Å². The summed E-state index contributed by atoms with van der Waals surface area (Å²) in [6.07, 6.45) is 4.46. The van der Waals surface area contributed by atoms with Crippen LogP contribution < -0.4 is 5.56 Å². The number of hydrogen-bond acceptors (Lipinski definition) is 3. The molecular formula is C30H23N3O2. The molecule has 1 aromatic heterocycles. The average Bonchev–Trinajstić information content (AvgIpc) is 3.54. The molecule has 0 radical (unpaired) electrons. The van der Waals surface area contributed by atoms with Gasteiger partial charge in [-0.05, 0) is 34.4 Å². The Balaban J connectivity index is 1.45. The third-order valence-electron chi connectivity index (χ3n) is 6.20. The zero-order valence-corrected chi connectivity index (χ0v) is 19.0. The second kappa shape index (κ2) is 8.95. The van der Waals surface area contributed by atoms with Crippen molar-refractivity contribution in [2.24, 2.45) is 0 Å². The molecular weight excluding hydrogens is 434 g/mol. The molecule has 3 heterocycles. The Hall–Kier alpha value is -4.64. The molecule has 35 heavy (non-hydrogen) atoms. The molecule has 5 nitrogen and oxygen atoms in total. The Morgan fingerprint density at radius 2 is 1.43 bits per heavy atom. The summed E-state index contributed by atoms with van der Waals surface area (Å²) in [7, 11) is 0. The van der Waals surface area contributed by atoms with E-state index in [1.165, 1.54) is 5.56 Å². The lowest BCUT2D eigenvalue weighted by Crippen LogP contribution is -2.17. The van der Waals surface area contributed by atoms with Gasteiger partial charge in [-0.25, -0.2) is 4.98 Å². The van der Waals surface area contributed by atoms with E-state index in [0.29, 0.717) is 24.4 Å². The van der Waals surface area contributed by atoms with E-state index in [9.17, 15) is 4.79 Å². The number of aromatic nitrogens is 3. The minimum atomic E-state index is -0.123. The molecule has 0 unspecified atom stereocenters. The van der Waals surface area contributed by atoms with Gasteiger partial charge < -0.3 is 9.40 Å². The molecule has 5 heteroatoms. The number of imidazole rings is 1. The van der Waals surface area contributed by atoms with Gasteiger partial charge in [0.25, 0.3) is 5.56 Å². The maximum atomic E-state index is 13.3. The number of nitrogens with one attached hydrogen (secondary N) is 1. The third-order valence-corrected chi connectivity index (χ3v) is 6.20. The van der Waals surface area contributed by atoms with Crippen LogP contribution >= 0.6 is 0 Å². The van der Waals surface area contributed by atoms with Gasteiger partial charge in [-0.1, -0.05) is 84.9 Å². The molecule has 0 atom stereocenters. The highest BCUT2D eigenvalue weighted by Gasteiger charge is 2.21. The van der Waals surface area contributed by atoms with Crippen LogP contribution in [0.15, 0.2) is 119 Å². The number of aromatic amines is 1. The lowest BCUT2D eigenvalue weighted by atomic mass is 10.0. The third kappa shape index (κ3) is 4.20. The van der Waals surface area contributed by atoms with E-state index in [4.69, 9.17) is 9.40 Å². The van der Waals surface area contributed by atoms with Crippen molar-refractivity contribution in [1.29, 1.82) is 0 Å². The summed E-state index contributed by atoms with van der Waals surface area (Å²) in [5.41, 5.74) is 6.56. The molecule has 170 valence electrons. The Bertz CT molecular complexity index is 1580. The zero-order valence-electron chi connectivity index (χ0n) is 19.0. The second-order valence-corrected chi connectivity index (χ2v) is 8.57. The molecule has 6 rings (SSSR count). The Labute approximate surface area is 202 Å². The van der Waals surface area contributed by atoms with Crippen LogP contribution in [-0.4, -0.2) is 14.5 Å². The summed E-state index contributed by atoms with van der Waals surface area (Å²) in [4.78, 5) is 21.6. The number of H-pyrrole nitrogens is 1. The molecule has 2 aliphatic heterocycles. The maximum Gasteiger partial charge on any atom is 0.278 e. The van der Waals surface area contributed by atoms with Crippen molar-refractivity contribution in [3.63, 3.8) is 0 Å². The van der Waals surface area contributed by atoms with Gasteiger partial charge in [0.1, 0.15) is 11.5 Å². The van der Waals surface area contributed by atoms with Crippen molar-refractivity contribution in [3.8, 4) is 28.2 Å². The van der Waals surface area contributed by atoms with Crippen LogP contribution in [0.1, 0.15) is 22.7 Å². The van der Waals surface area contributed by atoms with E-state index >= 15 is 0 Å². The van der Waals surface area contributed by atoms with Crippen LogP contribution in [-0.2, 0) is 12.8 Å². The largest absolute Gasteiger partial charge is 0.469 e. The fourth-order valence-corrected chi connectivity index (χ4v) is 4.41. The van der Waals surface area contributed by atoms with Crippen LogP contribution in [0.4, 0.5) is 0 Å². The number of benzene rings is 3. The molecule has 3 aromatic carbocycles. The van der Waals surface area contributed by atoms with Gasteiger partial charge in [0.2, 0.25) is 0 Å². The van der Waals surface area contributed by atoms with E-state index in [1.807, 2.05) is 54.7 Å². The molecule has 0 amide bonds. The maximum absolute atomic E-state index is 13.3. The number of fused-ring (bicyclic) bond motifs is 1. The highest BCUT2D eigenvalue weighted by Crippen LogP contribution is 2.26. The summed E-state index contributed by atoms with van der Waals surface area (Å²) < 4.78 is 7.12. The lowest BCUT2D eigenvalue weighted by molar-refractivity contribution is 0.519. The predicted octanol–water partition coefficient (Wildman–Crippen LogP) is 6.11. The Morgan fingerprint density at radius 1 is 0.743 bits per heavy atom. The minimum absolute atomic E-state index is 0.123. The smallest absolute Gasteiger partial charge is 0.278 e. The van der Waals surface area contributed by atoms with E-state index in [1.54, 1.807) is 10.8 Å². The first-order chi connectivity index (χ1) is 17.2. The van der Waals surface area contributed by atoms with Crippen LogP contribution in [0.2, 0.25) is 0 Å². The van der Waals surface area contributed by atoms with Gasteiger partial charge in [0.05, 0.1) is 24.1 Å². The predicted molar refractivity (Wildman–Crippen MR) is 137 cm³/mol. The van der Waals surface area contributed by atoms with Gasteiger partial charge in [0.15, 0.2) is 5.82 Å². The molecule has 1 N–H and O–H groups in total. The molecule has 0 spiro atoms. The molecule has 0 aliphatic carbocycles. The van der Waals surface area contributed by atoms with E-state index in [2.05, 4.69) is 53.5 Å². The van der Waals surface area contributed by atoms with Crippen LogP contribution in [0, 0.1) is 0 Å². The monoisotopic (exact) mass is 457 g/mol. The topological polar surface area (TPSA) is 63.8 Å². The Kier molecular flexibility index (Phi) is 5.35. The van der Waals surface area contributed by atoms with Gasteiger partial charge in [-0.15, -0.1) is 0 Å². The molecule has 0 bridgehead atoms. The number of nitrogens with zero attached hydrogens (tertiary/aromatic N) is 2. The van der Waals surface area contributed by atoms with Crippen molar-refractivity contribution < 1.29 is 4.42 Å². The number of hydrogen-bond donors (Lipinski definition) is 1. The highest BCUT2D eigenvalue weighted by atomic mass is 16.3. The molecule has 0 fully saturated rings. The summed E-state index contributed by atoms with van der Waals surface area (Å²) in [5.74, 6) is 1.36. The van der Waals surface area contributed by atoms with Crippen LogP contribution in [0.3, 0.4) is 0 Å². The summed E-state index contributed by atoms with van der Waals surface area (Å²) in [5, 5.41) is 0. The van der Waals surface area contributed by atoms with E-state index < -0.39 is 0 Å². The first-order valence-electron chi connectivity index (χ1n) is 11.6. The van der Waals surface area contributed by atoms with Crippen molar-refractivity contribution in [1.82, 2.24) is 14.5 Å².